The first-order valence-corrected chi connectivity index (χ1v) is 11.8. The quantitative estimate of drug-likeness (QED) is 0.520. The van der Waals surface area contributed by atoms with Crippen LogP contribution in [0.15, 0.2) is 30.0 Å². The van der Waals surface area contributed by atoms with Crippen molar-refractivity contribution in [3.63, 3.8) is 0 Å². The molecule has 3 aliphatic rings. The van der Waals surface area contributed by atoms with Gasteiger partial charge in [-0.15, -0.1) is 0 Å². The number of rotatable bonds is 5. The number of aliphatic hydroxyl groups excluding tert-OH is 1. The lowest BCUT2D eigenvalue weighted by atomic mass is 9.54. The largest absolute Gasteiger partial charge is 0.515 e. The Balaban J connectivity index is 1.66. The Kier molecular flexibility index (Phi) is 5.97. The minimum atomic E-state index is -0.510. The van der Waals surface area contributed by atoms with E-state index in [0.29, 0.717) is 37.9 Å². The first kappa shape index (κ1) is 22.0. The van der Waals surface area contributed by atoms with Crippen LogP contribution < -0.4 is 0 Å². The number of fused-ring (bicyclic) bond motifs is 5. The summed E-state index contributed by atoms with van der Waals surface area (Å²) in [7, 11) is 0. The molecule has 31 heavy (non-hydrogen) atoms. The highest BCUT2D eigenvalue weighted by molar-refractivity contribution is 6.03. The third-order valence-electron chi connectivity index (χ3n) is 8.51. The van der Waals surface area contributed by atoms with Crippen LogP contribution in [0.4, 0.5) is 4.39 Å². The van der Waals surface area contributed by atoms with Gasteiger partial charge in [-0.1, -0.05) is 19.1 Å². The van der Waals surface area contributed by atoms with Crippen LogP contribution >= 0.6 is 0 Å². The van der Waals surface area contributed by atoms with Crippen LogP contribution in [0.3, 0.4) is 0 Å². The number of hydrogen-bond acceptors (Lipinski definition) is 3. The molecule has 3 unspecified atom stereocenters. The number of halogens is 1. The monoisotopic (exact) mass is 427 g/mol. The zero-order valence-electron chi connectivity index (χ0n) is 18.9. The fraction of sp³-hybridized carbons (Fsp3) is 0.615. The fourth-order valence-corrected chi connectivity index (χ4v) is 7.02. The van der Waals surface area contributed by atoms with E-state index in [1.54, 1.807) is 12.1 Å². The van der Waals surface area contributed by atoms with E-state index < -0.39 is 5.41 Å². The molecule has 0 heterocycles. The van der Waals surface area contributed by atoms with Gasteiger partial charge in [-0.3, -0.25) is 9.59 Å². The molecule has 5 heteroatoms. The third-order valence-corrected chi connectivity index (χ3v) is 8.51. The molecule has 2 fully saturated rings. The molecule has 168 valence electrons. The summed E-state index contributed by atoms with van der Waals surface area (Å²) in [6.45, 7) is 7.35. The molecule has 0 bridgehead atoms. The predicted octanol–water partition coefficient (Wildman–Crippen LogP) is 5.18. The number of nitrogens with zero attached hydrogens (tertiary/aromatic N) is 1. The third kappa shape index (κ3) is 3.41. The zero-order valence-corrected chi connectivity index (χ0v) is 18.9. The highest BCUT2D eigenvalue weighted by Crippen LogP contribution is 2.63. The van der Waals surface area contributed by atoms with Gasteiger partial charge in [0.05, 0.1) is 6.26 Å². The Morgan fingerprint density at radius 2 is 2.03 bits per heavy atom. The summed E-state index contributed by atoms with van der Waals surface area (Å²) < 4.78 is 14.4. The number of benzene rings is 1. The van der Waals surface area contributed by atoms with Gasteiger partial charge < -0.3 is 10.0 Å². The summed E-state index contributed by atoms with van der Waals surface area (Å²) in [5, 5.41) is 10.00. The Morgan fingerprint density at radius 1 is 1.29 bits per heavy atom. The van der Waals surface area contributed by atoms with Gasteiger partial charge in [-0.25, -0.2) is 4.39 Å². The van der Waals surface area contributed by atoms with Gasteiger partial charge in [-0.05, 0) is 86.8 Å². The second-order valence-electron chi connectivity index (χ2n) is 9.72. The number of allylic oxidation sites excluding steroid dienone is 1. The number of hydrogen-bond donors (Lipinski definition) is 1. The van der Waals surface area contributed by atoms with Gasteiger partial charge in [0.15, 0.2) is 5.78 Å². The molecule has 0 aromatic heterocycles. The van der Waals surface area contributed by atoms with Gasteiger partial charge in [0, 0.05) is 30.5 Å². The molecule has 4 rings (SSSR count). The molecular formula is C26H34FNO3. The number of aliphatic hydroxyl groups is 1. The number of carbonyl (C=O) groups excluding carboxylic acids is 2. The zero-order chi connectivity index (χ0) is 22.3. The molecule has 3 aliphatic carbocycles. The molecular weight excluding hydrogens is 393 g/mol. The smallest absolute Gasteiger partial charge is 0.222 e. The second-order valence-corrected chi connectivity index (χ2v) is 9.72. The Hall–Kier alpha value is -2.17. The lowest BCUT2D eigenvalue weighted by molar-refractivity contribution is -0.131. The Morgan fingerprint density at radius 3 is 2.71 bits per heavy atom. The number of amides is 1. The summed E-state index contributed by atoms with van der Waals surface area (Å²) in [6, 6.07) is 5.39. The highest BCUT2D eigenvalue weighted by atomic mass is 19.1. The van der Waals surface area contributed by atoms with Crippen molar-refractivity contribution in [2.24, 2.45) is 23.2 Å². The van der Waals surface area contributed by atoms with Gasteiger partial charge in [0.25, 0.3) is 0 Å². The molecule has 0 spiro atoms. The average molecular weight is 428 g/mol. The summed E-state index contributed by atoms with van der Waals surface area (Å²) in [4.78, 5) is 27.9. The Labute approximate surface area is 184 Å². The maximum Gasteiger partial charge on any atom is 0.222 e. The van der Waals surface area contributed by atoms with Crippen LogP contribution in [0.1, 0.15) is 69.9 Å². The van der Waals surface area contributed by atoms with Crippen molar-refractivity contribution < 1.29 is 19.1 Å². The second kappa shape index (κ2) is 8.40. The molecule has 1 aromatic rings. The topological polar surface area (TPSA) is 57.6 Å². The van der Waals surface area contributed by atoms with E-state index in [9.17, 15) is 19.1 Å². The van der Waals surface area contributed by atoms with Crippen molar-refractivity contribution in [3.8, 4) is 0 Å². The summed E-state index contributed by atoms with van der Waals surface area (Å²) >= 11 is 0. The van der Waals surface area contributed by atoms with Crippen molar-refractivity contribution >= 4 is 11.7 Å². The van der Waals surface area contributed by atoms with Crippen LogP contribution in [0.25, 0.3) is 0 Å². The molecule has 0 saturated heterocycles. The van der Waals surface area contributed by atoms with Crippen molar-refractivity contribution in [1.82, 2.24) is 4.90 Å². The van der Waals surface area contributed by atoms with Gasteiger partial charge in [-0.2, -0.15) is 0 Å². The lowest BCUT2D eigenvalue weighted by Crippen LogP contribution is -2.44. The van der Waals surface area contributed by atoms with Crippen LogP contribution in [-0.4, -0.2) is 34.8 Å². The molecule has 2 saturated carbocycles. The number of Topliss-reactive ketones (excluding diaryl/α,β-unsaturated/α-hetero) is 1. The van der Waals surface area contributed by atoms with Crippen LogP contribution in [0.5, 0.6) is 0 Å². The van der Waals surface area contributed by atoms with E-state index in [0.717, 1.165) is 36.7 Å². The highest BCUT2D eigenvalue weighted by Gasteiger charge is 2.60. The maximum atomic E-state index is 14.4. The van der Waals surface area contributed by atoms with Gasteiger partial charge >= 0.3 is 0 Å². The maximum absolute atomic E-state index is 14.4. The molecule has 1 aromatic carbocycles. The Bertz CT molecular complexity index is 906. The minimum Gasteiger partial charge on any atom is -0.515 e. The van der Waals surface area contributed by atoms with E-state index in [1.165, 1.54) is 0 Å². The first-order chi connectivity index (χ1) is 14.9. The van der Waals surface area contributed by atoms with Crippen LogP contribution in [0.2, 0.25) is 0 Å². The molecule has 0 radical (unpaired) electrons. The molecule has 5 atom stereocenters. The van der Waals surface area contributed by atoms with Crippen molar-refractivity contribution in [2.75, 3.05) is 13.1 Å². The van der Waals surface area contributed by atoms with E-state index in [1.807, 2.05) is 25.7 Å². The van der Waals surface area contributed by atoms with Gasteiger partial charge in [0.1, 0.15) is 5.82 Å². The summed E-state index contributed by atoms with van der Waals surface area (Å²) in [5.41, 5.74) is 1.92. The van der Waals surface area contributed by atoms with Crippen LogP contribution in [0, 0.1) is 29.0 Å². The van der Waals surface area contributed by atoms with E-state index in [2.05, 4.69) is 6.07 Å². The summed E-state index contributed by atoms with van der Waals surface area (Å²) in [6.07, 6.45) is 5.11. The van der Waals surface area contributed by atoms with Crippen LogP contribution in [-0.2, 0) is 16.0 Å². The fourth-order valence-electron chi connectivity index (χ4n) is 7.02. The first-order valence-electron chi connectivity index (χ1n) is 11.8. The van der Waals surface area contributed by atoms with E-state index in [4.69, 9.17) is 0 Å². The van der Waals surface area contributed by atoms with Gasteiger partial charge in [0.2, 0.25) is 5.91 Å². The molecule has 0 aliphatic heterocycles. The lowest BCUT2D eigenvalue weighted by Gasteiger charge is -2.49. The predicted molar refractivity (Wildman–Crippen MR) is 118 cm³/mol. The van der Waals surface area contributed by atoms with Crippen molar-refractivity contribution in [3.05, 3.63) is 47.0 Å². The minimum absolute atomic E-state index is 0.0452. The number of carbonyl (C=O) groups is 2. The molecule has 4 nitrogen and oxygen atoms in total. The molecule has 1 amide bonds. The SMILES string of the molecule is CCN(CC)C(=O)CC[C@@H]1/C(=C/O)C(=O)[C@@]2(C)CCC3c4cccc(F)c4CCC3C12. The average Bonchev–Trinajstić information content (AvgIpc) is 2.99. The standard InChI is InChI=1S/C26H34FNO3/c1-4-28(5-2)23(30)12-11-20-21(15-29)25(31)26(3)14-13-17-16-7-6-8-22(27)18(16)9-10-19(17)24(20)26/h6-8,15,17,19-20,24,29H,4-5,9-14H2,1-3H3/b21-15-/t17?,19?,20-,24?,26+/m1/s1. The van der Waals surface area contributed by atoms with Crippen molar-refractivity contribution in [1.29, 1.82) is 0 Å². The van der Waals surface area contributed by atoms with Crippen molar-refractivity contribution in [2.45, 2.75) is 65.2 Å². The summed E-state index contributed by atoms with van der Waals surface area (Å²) in [5.74, 6) is 0.495. The van der Waals surface area contributed by atoms with E-state index in [-0.39, 0.29) is 41.2 Å². The number of ketones is 1. The molecule has 1 N–H and O–H groups in total. The van der Waals surface area contributed by atoms with E-state index >= 15 is 0 Å². The normalized spacial score (nSPS) is 33.0.